The van der Waals surface area contributed by atoms with E-state index in [1.165, 1.54) is 10.9 Å². The van der Waals surface area contributed by atoms with Gasteiger partial charge in [0.2, 0.25) is 0 Å². The van der Waals surface area contributed by atoms with E-state index < -0.39 is 4.92 Å². The van der Waals surface area contributed by atoms with Gasteiger partial charge in [0, 0.05) is 12.6 Å². The fourth-order valence-electron chi connectivity index (χ4n) is 1.38. The second kappa shape index (κ2) is 4.66. The molecule has 1 aromatic heterocycles. The monoisotopic (exact) mass is 247 g/mol. The van der Waals surface area contributed by atoms with Crippen LogP contribution in [0.3, 0.4) is 0 Å². The van der Waals surface area contributed by atoms with Crippen LogP contribution in [0.5, 0.6) is 11.6 Å². The molecule has 0 spiro atoms. The highest BCUT2D eigenvalue weighted by Crippen LogP contribution is 2.29. The summed E-state index contributed by atoms with van der Waals surface area (Å²) in [5.41, 5.74) is 0.287. The maximum atomic E-state index is 10.8. The molecule has 0 amide bonds. The molecule has 1 aromatic carbocycles. The fourth-order valence-corrected chi connectivity index (χ4v) is 1.38. The number of benzene rings is 1. The zero-order chi connectivity index (χ0) is 13.1. The Labute approximate surface area is 102 Å². The van der Waals surface area contributed by atoms with Gasteiger partial charge in [-0.25, -0.2) is 0 Å². The van der Waals surface area contributed by atoms with E-state index in [1.807, 2.05) is 0 Å². The molecular weight excluding hydrogens is 238 g/mol. The molecule has 2 rings (SSSR count). The van der Waals surface area contributed by atoms with Crippen molar-refractivity contribution in [2.75, 3.05) is 0 Å². The first kappa shape index (κ1) is 11.8. The number of carbonyl (C=O) groups is 1. The average molecular weight is 247 g/mol. The SMILES string of the molecule is Cn1cc([N+](=O)[O-])c(Oc2ccc(C=O)cc2)n1. The number of aryl methyl sites for hydroxylation is 1. The summed E-state index contributed by atoms with van der Waals surface area (Å²) >= 11 is 0. The minimum Gasteiger partial charge on any atom is -0.433 e. The van der Waals surface area contributed by atoms with E-state index in [1.54, 1.807) is 31.3 Å². The Morgan fingerprint density at radius 3 is 2.61 bits per heavy atom. The number of ether oxygens (including phenoxy) is 1. The minimum atomic E-state index is -0.567. The van der Waals surface area contributed by atoms with Gasteiger partial charge in [0.15, 0.2) is 0 Å². The van der Waals surface area contributed by atoms with Crippen LogP contribution in [-0.2, 0) is 7.05 Å². The number of carbonyl (C=O) groups excluding carboxylic acids is 1. The van der Waals surface area contributed by atoms with E-state index in [0.29, 0.717) is 17.6 Å². The van der Waals surface area contributed by atoms with E-state index in [-0.39, 0.29) is 11.6 Å². The number of rotatable bonds is 4. The smallest absolute Gasteiger partial charge is 0.350 e. The first-order valence-corrected chi connectivity index (χ1v) is 5.01. The van der Waals surface area contributed by atoms with Gasteiger partial charge in [-0.2, -0.15) is 0 Å². The lowest BCUT2D eigenvalue weighted by Crippen LogP contribution is -1.92. The predicted octanol–water partition coefficient (Wildman–Crippen LogP) is 1.93. The van der Waals surface area contributed by atoms with E-state index in [9.17, 15) is 14.9 Å². The van der Waals surface area contributed by atoms with Crippen molar-refractivity contribution in [3.05, 3.63) is 46.1 Å². The van der Waals surface area contributed by atoms with E-state index in [4.69, 9.17) is 4.74 Å². The zero-order valence-corrected chi connectivity index (χ0v) is 9.44. The Morgan fingerprint density at radius 2 is 2.06 bits per heavy atom. The van der Waals surface area contributed by atoms with Gasteiger partial charge in [-0.1, -0.05) is 0 Å². The Morgan fingerprint density at radius 1 is 1.39 bits per heavy atom. The van der Waals surface area contributed by atoms with E-state index >= 15 is 0 Å². The first-order valence-electron chi connectivity index (χ1n) is 5.01. The van der Waals surface area contributed by atoms with Crippen molar-refractivity contribution >= 4 is 12.0 Å². The molecule has 0 aliphatic rings. The summed E-state index contributed by atoms with van der Waals surface area (Å²) in [4.78, 5) is 20.7. The summed E-state index contributed by atoms with van der Waals surface area (Å²) in [5, 5.41) is 14.6. The molecular formula is C11H9N3O4. The van der Waals surface area contributed by atoms with Gasteiger partial charge in [-0.05, 0) is 24.3 Å². The van der Waals surface area contributed by atoms with Crippen molar-refractivity contribution in [3.63, 3.8) is 0 Å². The molecule has 0 N–H and O–H groups in total. The molecule has 1 heterocycles. The van der Waals surface area contributed by atoms with Gasteiger partial charge in [-0.15, -0.1) is 5.10 Å². The lowest BCUT2D eigenvalue weighted by molar-refractivity contribution is -0.385. The minimum absolute atomic E-state index is 0.0821. The summed E-state index contributed by atoms with van der Waals surface area (Å²) in [6.07, 6.45) is 1.96. The van der Waals surface area contributed by atoms with Crippen molar-refractivity contribution in [1.82, 2.24) is 9.78 Å². The third-order valence-electron chi connectivity index (χ3n) is 2.20. The average Bonchev–Trinajstić information content (AvgIpc) is 2.71. The van der Waals surface area contributed by atoms with Crippen LogP contribution in [0.2, 0.25) is 0 Å². The normalized spacial score (nSPS) is 10.1. The van der Waals surface area contributed by atoms with Crippen LogP contribution in [0.1, 0.15) is 10.4 Å². The van der Waals surface area contributed by atoms with Crippen molar-refractivity contribution in [1.29, 1.82) is 0 Å². The van der Waals surface area contributed by atoms with Crippen LogP contribution < -0.4 is 4.74 Å². The highest BCUT2D eigenvalue weighted by molar-refractivity contribution is 5.74. The third kappa shape index (κ3) is 2.34. The van der Waals surface area contributed by atoms with Crippen LogP contribution >= 0.6 is 0 Å². The van der Waals surface area contributed by atoms with Gasteiger partial charge in [0.05, 0.1) is 4.92 Å². The van der Waals surface area contributed by atoms with Gasteiger partial charge in [0.1, 0.15) is 18.2 Å². The largest absolute Gasteiger partial charge is 0.433 e. The van der Waals surface area contributed by atoms with Gasteiger partial charge >= 0.3 is 11.6 Å². The number of hydrogen-bond donors (Lipinski definition) is 0. The molecule has 0 radical (unpaired) electrons. The molecule has 2 aromatic rings. The third-order valence-corrected chi connectivity index (χ3v) is 2.20. The van der Waals surface area contributed by atoms with Gasteiger partial charge < -0.3 is 4.74 Å². The summed E-state index contributed by atoms with van der Waals surface area (Å²) in [5.74, 6) is 0.295. The number of nitrogens with zero attached hydrogens (tertiary/aromatic N) is 3. The summed E-state index contributed by atoms with van der Waals surface area (Å²) in [7, 11) is 1.56. The quantitative estimate of drug-likeness (QED) is 0.468. The van der Waals surface area contributed by atoms with Crippen LogP contribution in [0.25, 0.3) is 0 Å². The molecule has 0 aliphatic heterocycles. The Balaban J connectivity index is 2.27. The van der Waals surface area contributed by atoms with Crippen LogP contribution in [-0.4, -0.2) is 21.0 Å². The van der Waals surface area contributed by atoms with Crippen molar-refractivity contribution < 1.29 is 14.5 Å². The summed E-state index contributed by atoms with van der Waals surface area (Å²) < 4.78 is 6.60. The van der Waals surface area contributed by atoms with Crippen molar-refractivity contribution in [2.24, 2.45) is 7.05 Å². The van der Waals surface area contributed by atoms with E-state index in [0.717, 1.165) is 0 Å². The molecule has 0 unspecified atom stereocenters. The first-order chi connectivity index (χ1) is 8.60. The summed E-state index contributed by atoms with van der Waals surface area (Å²) in [6.45, 7) is 0. The topological polar surface area (TPSA) is 87.3 Å². The van der Waals surface area contributed by atoms with Crippen LogP contribution in [0.4, 0.5) is 5.69 Å². The van der Waals surface area contributed by atoms with Gasteiger partial charge in [0.25, 0.3) is 0 Å². The maximum absolute atomic E-state index is 10.8. The Hall–Kier alpha value is -2.70. The van der Waals surface area contributed by atoms with Gasteiger partial charge in [-0.3, -0.25) is 19.6 Å². The molecule has 0 saturated carbocycles. The Kier molecular flexibility index (Phi) is 3.05. The second-order valence-corrected chi connectivity index (χ2v) is 3.54. The lowest BCUT2D eigenvalue weighted by atomic mass is 10.2. The molecule has 7 heteroatoms. The van der Waals surface area contributed by atoms with E-state index in [2.05, 4.69) is 5.10 Å². The molecule has 0 saturated heterocycles. The highest BCUT2D eigenvalue weighted by atomic mass is 16.6. The number of nitro groups is 1. The molecule has 0 atom stereocenters. The molecule has 0 fully saturated rings. The number of hydrogen-bond acceptors (Lipinski definition) is 5. The standard InChI is InChI=1S/C11H9N3O4/c1-13-6-10(14(16)17)11(12-13)18-9-4-2-8(7-15)3-5-9/h2-7H,1H3. The number of aromatic nitrogens is 2. The maximum Gasteiger partial charge on any atom is 0.350 e. The summed E-state index contributed by atoms with van der Waals surface area (Å²) in [6, 6.07) is 6.19. The zero-order valence-electron chi connectivity index (χ0n) is 9.44. The number of aldehydes is 1. The lowest BCUT2D eigenvalue weighted by Gasteiger charge is -2.01. The molecule has 0 bridgehead atoms. The van der Waals surface area contributed by atoms with Crippen molar-refractivity contribution in [3.8, 4) is 11.6 Å². The predicted molar refractivity (Wildman–Crippen MR) is 61.8 cm³/mol. The Bertz CT molecular complexity index is 589. The molecule has 92 valence electrons. The fraction of sp³-hybridized carbons (Fsp3) is 0.0909. The second-order valence-electron chi connectivity index (χ2n) is 3.54. The van der Waals surface area contributed by atoms with Crippen LogP contribution in [0, 0.1) is 10.1 Å². The molecule has 7 nitrogen and oxygen atoms in total. The molecule has 18 heavy (non-hydrogen) atoms. The highest BCUT2D eigenvalue weighted by Gasteiger charge is 2.20. The van der Waals surface area contributed by atoms with Crippen molar-refractivity contribution in [2.45, 2.75) is 0 Å². The molecule has 0 aliphatic carbocycles. The van der Waals surface area contributed by atoms with Crippen LogP contribution in [0.15, 0.2) is 30.5 Å².